The standard InChI is InChI=1S/C13H12N2O3S/c1-8-13(19-15-14-8)12(16)9-3-4-10-11(7-9)18-6-2-5-17-10/h3-4,7H,2,5-6H2,1H3. The number of carbonyl (C=O) groups is 1. The summed E-state index contributed by atoms with van der Waals surface area (Å²) < 4.78 is 14.9. The van der Waals surface area contributed by atoms with Gasteiger partial charge in [0.2, 0.25) is 5.78 Å². The lowest BCUT2D eigenvalue weighted by Crippen LogP contribution is -2.02. The minimum atomic E-state index is -0.0804. The number of benzene rings is 1. The molecular formula is C13H12N2O3S. The zero-order valence-corrected chi connectivity index (χ0v) is 11.2. The van der Waals surface area contributed by atoms with Crippen LogP contribution >= 0.6 is 11.5 Å². The zero-order valence-electron chi connectivity index (χ0n) is 10.4. The Hall–Kier alpha value is -1.95. The Bertz CT molecular complexity index is 624. The smallest absolute Gasteiger partial charge is 0.206 e. The van der Waals surface area contributed by atoms with Crippen molar-refractivity contribution in [2.24, 2.45) is 0 Å². The van der Waals surface area contributed by atoms with Crippen molar-refractivity contribution in [3.8, 4) is 11.5 Å². The fourth-order valence-corrected chi connectivity index (χ4v) is 2.49. The van der Waals surface area contributed by atoms with Crippen LogP contribution in [0.4, 0.5) is 0 Å². The molecule has 0 spiro atoms. The summed E-state index contributed by atoms with van der Waals surface area (Å²) in [4.78, 5) is 12.9. The Morgan fingerprint density at radius 2 is 2.05 bits per heavy atom. The number of hydrogen-bond acceptors (Lipinski definition) is 6. The van der Waals surface area contributed by atoms with Gasteiger partial charge in [0, 0.05) is 12.0 Å². The molecule has 0 amide bonds. The first-order valence-corrected chi connectivity index (χ1v) is 6.76. The molecule has 0 N–H and O–H groups in total. The van der Waals surface area contributed by atoms with E-state index < -0.39 is 0 Å². The molecular weight excluding hydrogens is 264 g/mol. The van der Waals surface area contributed by atoms with E-state index in [0.717, 1.165) is 18.0 Å². The average Bonchev–Trinajstić information content (AvgIpc) is 2.72. The van der Waals surface area contributed by atoms with Crippen molar-refractivity contribution in [1.29, 1.82) is 0 Å². The van der Waals surface area contributed by atoms with Gasteiger partial charge >= 0.3 is 0 Å². The van der Waals surface area contributed by atoms with Crippen LogP contribution in [0.3, 0.4) is 0 Å². The number of carbonyl (C=O) groups excluding carboxylic acids is 1. The fraction of sp³-hybridized carbons (Fsp3) is 0.308. The minimum absolute atomic E-state index is 0.0804. The van der Waals surface area contributed by atoms with E-state index in [2.05, 4.69) is 9.59 Å². The number of ketones is 1. The number of aromatic nitrogens is 2. The number of aryl methyl sites for hydroxylation is 1. The summed E-state index contributed by atoms with van der Waals surface area (Å²) in [6, 6.07) is 5.24. The third kappa shape index (κ3) is 2.31. The lowest BCUT2D eigenvalue weighted by molar-refractivity contribution is 0.104. The van der Waals surface area contributed by atoms with Gasteiger partial charge in [-0.3, -0.25) is 4.79 Å². The zero-order chi connectivity index (χ0) is 13.2. The average molecular weight is 276 g/mol. The Morgan fingerprint density at radius 1 is 1.26 bits per heavy atom. The van der Waals surface area contributed by atoms with Gasteiger partial charge in [-0.15, -0.1) is 5.10 Å². The van der Waals surface area contributed by atoms with E-state index in [1.165, 1.54) is 0 Å². The maximum absolute atomic E-state index is 12.3. The van der Waals surface area contributed by atoms with Gasteiger partial charge in [0.05, 0.1) is 18.9 Å². The summed E-state index contributed by atoms with van der Waals surface area (Å²) >= 11 is 1.11. The molecule has 98 valence electrons. The second kappa shape index (κ2) is 4.97. The summed E-state index contributed by atoms with van der Waals surface area (Å²) in [7, 11) is 0. The van der Waals surface area contributed by atoms with Gasteiger partial charge in [-0.1, -0.05) is 4.49 Å². The molecule has 3 rings (SSSR count). The maximum Gasteiger partial charge on any atom is 0.206 e. The summed E-state index contributed by atoms with van der Waals surface area (Å²) in [5.74, 6) is 1.23. The van der Waals surface area contributed by atoms with Crippen LogP contribution in [0.25, 0.3) is 0 Å². The van der Waals surface area contributed by atoms with Crippen LogP contribution < -0.4 is 9.47 Å². The number of nitrogens with zero attached hydrogens (tertiary/aromatic N) is 2. The quantitative estimate of drug-likeness (QED) is 0.787. The molecule has 0 bridgehead atoms. The highest BCUT2D eigenvalue weighted by atomic mass is 32.1. The van der Waals surface area contributed by atoms with Crippen LogP contribution in [0.1, 0.15) is 27.3 Å². The molecule has 1 aromatic carbocycles. The van der Waals surface area contributed by atoms with Crippen molar-refractivity contribution < 1.29 is 14.3 Å². The molecule has 19 heavy (non-hydrogen) atoms. The van der Waals surface area contributed by atoms with Gasteiger partial charge in [0.25, 0.3) is 0 Å². The molecule has 1 aliphatic heterocycles. The van der Waals surface area contributed by atoms with E-state index in [-0.39, 0.29) is 5.78 Å². The first-order valence-electron chi connectivity index (χ1n) is 5.99. The van der Waals surface area contributed by atoms with Crippen molar-refractivity contribution in [2.75, 3.05) is 13.2 Å². The predicted octanol–water partition coefficient (Wildman–Crippen LogP) is 2.24. The van der Waals surface area contributed by atoms with Crippen LogP contribution in [-0.4, -0.2) is 28.6 Å². The normalized spacial score (nSPS) is 13.9. The van der Waals surface area contributed by atoms with E-state index >= 15 is 0 Å². The van der Waals surface area contributed by atoms with Gasteiger partial charge in [-0.05, 0) is 36.7 Å². The third-order valence-electron chi connectivity index (χ3n) is 2.87. The van der Waals surface area contributed by atoms with Gasteiger partial charge in [0.1, 0.15) is 4.88 Å². The Labute approximate surface area is 114 Å². The first kappa shape index (κ1) is 12.1. The molecule has 0 saturated heterocycles. The second-order valence-electron chi connectivity index (χ2n) is 4.23. The molecule has 5 nitrogen and oxygen atoms in total. The highest BCUT2D eigenvalue weighted by molar-refractivity contribution is 7.08. The summed E-state index contributed by atoms with van der Waals surface area (Å²) in [5.41, 5.74) is 1.22. The van der Waals surface area contributed by atoms with E-state index in [9.17, 15) is 4.79 Å². The molecule has 6 heteroatoms. The highest BCUT2D eigenvalue weighted by Gasteiger charge is 2.18. The van der Waals surface area contributed by atoms with Crippen LogP contribution in [0, 0.1) is 6.92 Å². The maximum atomic E-state index is 12.3. The number of fused-ring (bicyclic) bond motifs is 1. The number of hydrogen-bond donors (Lipinski definition) is 0. The number of rotatable bonds is 2. The third-order valence-corrected chi connectivity index (χ3v) is 3.69. The molecule has 2 aromatic rings. The van der Waals surface area contributed by atoms with Crippen LogP contribution in [0.5, 0.6) is 11.5 Å². The summed E-state index contributed by atoms with van der Waals surface area (Å²) in [6.45, 7) is 3.02. The predicted molar refractivity (Wildman–Crippen MR) is 70.1 cm³/mol. The van der Waals surface area contributed by atoms with Gasteiger partial charge < -0.3 is 9.47 Å². The molecule has 1 aliphatic rings. The van der Waals surface area contributed by atoms with Crippen LogP contribution in [0.2, 0.25) is 0 Å². The fourth-order valence-electron chi connectivity index (χ4n) is 1.88. The van der Waals surface area contributed by atoms with Crippen molar-refractivity contribution in [3.05, 3.63) is 34.3 Å². The van der Waals surface area contributed by atoms with Crippen molar-refractivity contribution in [2.45, 2.75) is 13.3 Å². The molecule has 0 aliphatic carbocycles. The molecule has 0 atom stereocenters. The van der Waals surface area contributed by atoms with Crippen molar-refractivity contribution >= 4 is 17.3 Å². The van der Waals surface area contributed by atoms with E-state index in [0.29, 0.717) is 40.8 Å². The molecule has 0 fully saturated rings. The summed E-state index contributed by atoms with van der Waals surface area (Å²) in [5, 5.41) is 3.86. The Morgan fingerprint density at radius 3 is 2.79 bits per heavy atom. The van der Waals surface area contributed by atoms with Crippen LogP contribution in [0.15, 0.2) is 18.2 Å². The molecule has 0 unspecified atom stereocenters. The topological polar surface area (TPSA) is 61.3 Å². The van der Waals surface area contributed by atoms with Gasteiger partial charge in [-0.25, -0.2) is 0 Å². The first-order chi connectivity index (χ1) is 9.25. The molecule has 0 radical (unpaired) electrons. The van der Waals surface area contributed by atoms with Gasteiger partial charge in [0.15, 0.2) is 11.5 Å². The monoisotopic (exact) mass is 276 g/mol. The van der Waals surface area contributed by atoms with E-state index in [1.807, 2.05) is 0 Å². The minimum Gasteiger partial charge on any atom is -0.490 e. The lowest BCUT2D eigenvalue weighted by Gasteiger charge is -2.08. The van der Waals surface area contributed by atoms with E-state index in [4.69, 9.17) is 9.47 Å². The molecule has 1 aromatic heterocycles. The van der Waals surface area contributed by atoms with Crippen molar-refractivity contribution in [1.82, 2.24) is 9.59 Å². The lowest BCUT2D eigenvalue weighted by atomic mass is 10.1. The largest absolute Gasteiger partial charge is 0.490 e. The summed E-state index contributed by atoms with van der Waals surface area (Å²) in [6.07, 6.45) is 0.843. The Balaban J connectivity index is 1.96. The highest BCUT2D eigenvalue weighted by Crippen LogP contribution is 2.31. The number of ether oxygens (including phenoxy) is 2. The van der Waals surface area contributed by atoms with Gasteiger partial charge in [-0.2, -0.15) is 0 Å². The van der Waals surface area contributed by atoms with E-state index in [1.54, 1.807) is 25.1 Å². The van der Waals surface area contributed by atoms with Crippen LogP contribution in [-0.2, 0) is 0 Å². The second-order valence-corrected chi connectivity index (χ2v) is 4.98. The SMILES string of the molecule is Cc1nnsc1C(=O)c1ccc2c(c1)OCCCO2. The Kier molecular flexibility index (Phi) is 3.16. The van der Waals surface area contributed by atoms with Crippen molar-refractivity contribution in [3.63, 3.8) is 0 Å². The molecule has 0 saturated carbocycles. The molecule has 2 heterocycles.